The highest BCUT2D eigenvalue weighted by molar-refractivity contribution is 5.99. The fourth-order valence-electron chi connectivity index (χ4n) is 4.61. The first-order valence-electron chi connectivity index (χ1n) is 12.5. The van der Waals surface area contributed by atoms with Crippen molar-refractivity contribution in [3.05, 3.63) is 65.8 Å². The van der Waals surface area contributed by atoms with E-state index in [-0.39, 0.29) is 0 Å². The summed E-state index contributed by atoms with van der Waals surface area (Å²) >= 11 is 0. The van der Waals surface area contributed by atoms with Crippen LogP contribution in [-0.2, 0) is 17.7 Å². The van der Waals surface area contributed by atoms with Gasteiger partial charge in [-0.25, -0.2) is 24.7 Å². The molecule has 0 aliphatic carbocycles. The Morgan fingerprint density at radius 3 is 2.50 bits per heavy atom. The van der Waals surface area contributed by atoms with E-state index in [2.05, 4.69) is 35.6 Å². The average molecular weight is 514 g/mol. The van der Waals surface area contributed by atoms with Gasteiger partial charge in [0.05, 0.1) is 25.5 Å². The second-order valence-corrected chi connectivity index (χ2v) is 9.10. The quantitative estimate of drug-likeness (QED) is 0.409. The van der Waals surface area contributed by atoms with E-state index in [0.29, 0.717) is 48.8 Å². The Morgan fingerprint density at radius 2 is 1.76 bits per heavy atom. The first-order chi connectivity index (χ1) is 18.6. The maximum Gasteiger partial charge on any atom is 0.324 e. The third-order valence-corrected chi connectivity index (χ3v) is 6.46. The topological polar surface area (TPSA) is 134 Å². The molecule has 2 aliphatic heterocycles. The summed E-state index contributed by atoms with van der Waals surface area (Å²) in [5.41, 5.74) is 3.62. The van der Waals surface area contributed by atoms with Gasteiger partial charge in [-0.1, -0.05) is 5.16 Å². The van der Waals surface area contributed by atoms with Crippen molar-refractivity contribution in [2.45, 2.75) is 19.9 Å². The summed E-state index contributed by atoms with van der Waals surface area (Å²) in [6.07, 6.45) is 4.32. The van der Waals surface area contributed by atoms with Gasteiger partial charge in [0.25, 0.3) is 0 Å². The Labute approximate surface area is 219 Å². The van der Waals surface area contributed by atoms with Crippen LogP contribution in [0.25, 0.3) is 11.4 Å². The van der Waals surface area contributed by atoms with Crippen LogP contribution in [0.1, 0.15) is 17.0 Å². The van der Waals surface area contributed by atoms with E-state index in [1.54, 1.807) is 25.4 Å². The van der Waals surface area contributed by atoms with Crippen molar-refractivity contribution in [1.29, 1.82) is 0 Å². The number of rotatable bonds is 5. The van der Waals surface area contributed by atoms with Crippen molar-refractivity contribution in [1.82, 2.24) is 25.1 Å². The molecule has 1 aromatic carbocycles. The number of fused-ring (bicyclic) bond motifs is 1. The predicted octanol–water partition coefficient (Wildman–Crippen LogP) is 3.27. The summed E-state index contributed by atoms with van der Waals surface area (Å²) in [6.45, 7) is 6.09. The highest BCUT2D eigenvalue weighted by Gasteiger charge is 2.27. The minimum absolute atomic E-state index is 0.352. The van der Waals surface area contributed by atoms with Crippen LogP contribution in [0, 0.1) is 6.92 Å². The third kappa shape index (κ3) is 5.11. The van der Waals surface area contributed by atoms with Gasteiger partial charge in [0, 0.05) is 54.9 Å². The fraction of sp³-hybridized carbons (Fsp3) is 0.308. The number of aromatic nitrogens is 5. The zero-order chi connectivity index (χ0) is 25.9. The molecule has 0 radical (unpaired) electrons. The summed E-state index contributed by atoms with van der Waals surface area (Å²) in [7, 11) is 0. The summed E-state index contributed by atoms with van der Waals surface area (Å²) in [6, 6.07) is 10.5. The number of carbonyl (C=O) groups is 1. The lowest BCUT2D eigenvalue weighted by molar-refractivity contribution is 0.122. The zero-order valence-corrected chi connectivity index (χ0v) is 20.9. The Morgan fingerprint density at radius 1 is 0.974 bits per heavy atom. The molecule has 2 amide bonds. The van der Waals surface area contributed by atoms with E-state index in [9.17, 15) is 4.79 Å². The van der Waals surface area contributed by atoms with Gasteiger partial charge in [-0.15, -0.1) is 0 Å². The van der Waals surface area contributed by atoms with Gasteiger partial charge in [0.2, 0.25) is 5.95 Å². The van der Waals surface area contributed by atoms with E-state index in [0.717, 1.165) is 43.1 Å². The number of nitrogens with one attached hydrogen (secondary N) is 2. The molecule has 5 heterocycles. The summed E-state index contributed by atoms with van der Waals surface area (Å²) in [5, 5.41) is 9.21. The number of ether oxygens (including phenoxy) is 1. The lowest BCUT2D eigenvalue weighted by Crippen LogP contribution is -2.39. The molecule has 0 bridgehead atoms. The Hall–Kier alpha value is -4.58. The van der Waals surface area contributed by atoms with Crippen LogP contribution in [0.2, 0.25) is 0 Å². The number of carbonyl (C=O) groups excluding carboxylic acids is 1. The van der Waals surface area contributed by atoms with Gasteiger partial charge in [0.1, 0.15) is 11.6 Å². The number of anilines is 4. The van der Waals surface area contributed by atoms with Crippen molar-refractivity contribution < 1.29 is 14.1 Å². The molecule has 4 aromatic rings. The van der Waals surface area contributed by atoms with Crippen molar-refractivity contribution in [2.24, 2.45) is 0 Å². The summed E-state index contributed by atoms with van der Waals surface area (Å²) < 4.78 is 10.6. The number of hydrogen-bond donors (Lipinski definition) is 2. The molecule has 0 saturated carbocycles. The molecule has 12 nitrogen and oxygen atoms in total. The lowest BCUT2D eigenvalue weighted by atomic mass is 10.0. The lowest BCUT2D eigenvalue weighted by Gasteiger charge is -2.34. The van der Waals surface area contributed by atoms with Crippen LogP contribution >= 0.6 is 0 Å². The van der Waals surface area contributed by atoms with Crippen LogP contribution in [0.4, 0.5) is 28.1 Å². The molecule has 2 N–H and O–H groups in total. The van der Waals surface area contributed by atoms with Gasteiger partial charge in [0.15, 0.2) is 11.6 Å². The van der Waals surface area contributed by atoms with Gasteiger partial charge >= 0.3 is 6.03 Å². The molecular weight excluding hydrogens is 486 g/mol. The molecule has 38 heavy (non-hydrogen) atoms. The fourth-order valence-corrected chi connectivity index (χ4v) is 4.61. The molecule has 0 unspecified atom stereocenters. The zero-order valence-electron chi connectivity index (χ0n) is 20.9. The number of aryl methyl sites for hydroxylation is 1. The summed E-state index contributed by atoms with van der Waals surface area (Å²) in [5.74, 6) is 3.26. The first kappa shape index (κ1) is 23.8. The van der Waals surface area contributed by atoms with E-state index < -0.39 is 6.03 Å². The highest BCUT2D eigenvalue weighted by Crippen LogP contribution is 2.31. The molecule has 1 fully saturated rings. The van der Waals surface area contributed by atoms with Crippen LogP contribution in [-0.4, -0.2) is 64.0 Å². The molecule has 0 atom stereocenters. The number of nitrogens with zero attached hydrogens (tertiary/aromatic N) is 7. The Bertz CT molecular complexity index is 1420. The molecule has 2 aliphatic rings. The van der Waals surface area contributed by atoms with Crippen molar-refractivity contribution >= 4 is 29.3 Å². The molecular formula is C26H27N9O3. The monoisotopic (exact) mass is 513 g/mol. The SMILES string of the molecule is Cc1cc(NC(=O)Nc2ccc(-c3nc4c(c(N5CCOCC5)n3)CCN(c3ncccn3)C4)cc2)no1. The molecule has 3 aromatic heterocycles. The smallest absolute Gasteiger partial charge is 0.324 e. The Balaban J connectivity index is 1.26. The molecule has 1 saturated heterocycles. The molecule has 0 spiro atoms. The maximum absolute atomic E-state index is 12.3. The number of benzene rings is 1. The van der Waals surface area contributed by atoms with E-state index in [1.807, 2.05) is 30.3 Å². The van der Waals surface area contributed by atoms with Gasteiger partial charge in [-0.3, -0.25) is 5.32 Å². The van der Waals surface area contributed by atoms with Gasteiger partial charge in [-0.05, 0) is 43.7 Å². The van der Waals surface area contributed by atoms with E-state index in [4.69, 9.17) is 19.2 Å². The van der Waals surface area contributed by atoms with Crippen molar-refractivity contribution in [3.8, 4) is 11.4 Å². The number of morpholine rings is 1. The second kappa shape index (κ2) is 10.4. The standard InChI is InChI=1S/C26H27N9O3/c1-17-15-22(33-38-17)31-26(36)29-19-5-3-18(4-6-19)23-30-21-16-35(25-27-8-2-9-28-25)10-7-20(21)24(32-23)34-11-13-37-14-12-34/h2-6,8-9,15H,7,10-14,16H2,1H3,(H2,29,31,33,36). The highest BCUT2D eigenvalue weighted by atomic mass is 16.5. The van der Waals surface area contributed by atoms with Crippen LogP contribution in [0.3, 0.4) is 0 Å². The number of amides is 2. The van der Waals surface area contributed by atoms with E-state index >= 15 is 0 Å². The molecule has 194 valence electrons. The van der Waals surface area contributed by atoms with Crippen molar-refractivity contribution in [2.75, 3.05) is 53.3 Å². The minimum Gasteiger partial charge on any atom is -0.378 e. The maximum atomic E-state index is 12.3. The average Bonchev–Trinajstić information content (AvgIpc) is 3.37. The number of hydrogen-bond acceptors (Lipinski definition) is 10. The third-order valence-electron chi connectivity index (χ3n) is 6.46. The Kier molecular flexibility index (Phi) is 6.53. The molecule has 12 heteroatoms. The van der Waals surface area contributed by atoms with Crippen LogP contribution in [0.5, 0.6) is 0 Å². The minimum atomic E-state index is -0.408. The van der Waals surface area contributed by atoms with Crippen molar-refractivity contribution in [3.63, 3.8) is 0 Å². The van der Waals surface area contributed by atoms with Crippen LogP contribution in [0.15, 0.2) is 53.3 Å². The molecule has 6 rings (SSSR count). The van der Waals surface area contributed by atoms with Gasteiger partial charge < -0.3 is 24.4 Å². The second-order valence-electron chi connectivity index (χ2n) is 9.10. The normalized spacial score (nSPS) is 15.2. The number of urea groups is 1. The summed E-state index contributed by atoms with van der Waals surface area (Å²) in [4.78, 5) is 35.6. The largest absolute Gasteiger partial charge is 0.378 e. The first-order valence-corrected chi connectivity index (χ1v) is 12.5. The van der Waals surface area contributed by atoms with E-state index in [1.165, 1.54) is 5.56 Å². The van der Waals surface area contributed by atoms with Gasteiger partial charge in [-0.2, -0.15) is 0 Å². The predicted molar refractivity (Wildman–Crippen MR) is 141 cm³/mol. The van der Waals surface area contributed by atoms with Crippen LogP contribution < -0.4 is 20.4 Å².